The van der Waals surface area contributed by atoms with E-state index in [0.717, 1.165) is 50.1 Å². The van der Waals surface area contributed by atoms with Gasteiger partial charge in [-0.15, -0.1) is 11.3 Å². The second-order valence-corrected chi connectivity index (χ2v) is 29.4. The van der Waals surface area contributed by atoms with Crippen molar-refractivity contribution in [3.63, 3.8) is 0 Å². The number of fused-ring (bicyclic) bond motifs is 7. The number of thiazole rings is 1. The number of hydrogen-bond donors (Lipinski definition) is 4. The highest BCUT2D eigenvalue weighted by molar-refractivity contribution is 7.07. The van der Waals surface area contributed by atoms with Gasteiger partial charge in [0.15, 0.2) is 0 Å². The summed E-state index contributed by atoms with van der Waals surface area (Å²) in [4.78, 5) is 31.8. The fourth-order valence-electron chi connectivity index (χ4n) is 14.0. The van der Waals surface area contributed by atoms with Gasteiger partial charge < -0.3 is 38.9 Å². The van der Waals surface area contributed by atoms with Crippen molar-refractivity contribution in [1.82, 2.24) is 55.5 Å². The molecule has 10 aromatic rings. The van der Waals surface area contributed by atoms with E-state index in [1.165, 1.54) is 133 Å². The lowest BCUT2D eigenvalue weighted by Crippen LogP contribution is -2.21. The molecule has 4 saturated heterocycles. The largest absolute Gasteiger partial charge is 0.473 e. The van der Waals surface area contributed by atoms with Gasteiger partial charge in [-0.2, -0.15) is 11.3 Å². The number of aromatic nitrogens is 9. The molecule has 17 heteroatoms. The predicted octanol–water partition coefficient (Wildman–Crippen LogP) is 22.9. The van der Waals surface area contributed by atoms with Crippen molar-refractivity contribution in [2.75, 3.05) is 52.6 Å². The van der Waals surface area contributed by atoms with E-state index in [-0.39, 0.29) is 0 Å². The van der Waals surface area contributed by atoms with Crippen molar-refractivity contribution < 1.29 is 18.3 Å². The molecule has 0 radical (unpaired) electrons. The monoisotopic (exact) mass is 1470 g/mol. The molecule has 8 bridgehead atoms. The summed E-state index contributed by atoms with van der Waals surface area (Å²) in [5.74, 6) is 9.37. The van der Waals surface area contributed by atoms with Crippen molar-refractivity contribution in [2.45, 2.75) is 199 Å². The predicted molar refractivity (Wildman–Crippen MR) is 436 cm³/mol. The first-order chi connectivity index (χ1) is 52.3. The Morgan fingerprint density at radius 1 is 0.248 bits per heavy atom. The minimum atomic E-state index is 1.00. The van der Waals surface area contributed by atoms with Crippen LogP contribution in [-0.4, -0.2) is 97.5 Å². The van der Waals surface area contributed by atoms with E-state index >= 15 is 0 Å². The molecular weight excluding hydrogens is 1340 g/mol. The SMILES string of the molecule is C1CC2CC1C2.C1CC2CCC(C1)C2.C1CC2CCC(C1)C2.C1CC2CCC1C2.C1CCNC1.C1CCNCC1.C1CCOC1.C1CCOCC1.c1cc[nH]c1.c1cc[nH]c1.c1ccncc1.c1ccncc1.c1ccoc1.c1ccoc1.c1ccsc1.c1cnccn1.c1cncnc1.c1cscn1. The first-order valence-electron chi connectivity index (χ1n) is 39.9. The van der Waals surface area contributed by atoms with Crippen LogP contribution in [0.4, 0.5) is 0 Å². The van der Waals surface area contributed by atoms with Crippen molar-refractivity contribution in [3.05, 3.63) is 249 Å². The zero-order valence-corrected chi connectivity index (χ0v) is 65.1. The molecule has 9 saturated carbocycles. The van der Waals surface area contributed by atoms with Gasteiger partial charge in [-0.3, -0.25) is 24.9 Å². The zero-order chi connectivity index (χ0) is 73.2. The summed E-state index contributed by atoms with van der Waals surface area (Å²) < 4.78 is 19.2. The normalized spacial score (nSPS) is 22.2. The van der Waals surface area contributed by atoms with Crippen molar-refractivity contribution in [1.29, 1.82) is 0 Å². The summed E-state index contributed by atoms with van der Waals surface area (Å²) in [6.45, 7) is 9.00. The molecule has 574 valence electrons. The number of piperidine rings is 1. The lowest BCUT2D eigenvalue weighted by Gasteiger charge is -2.21. The highest BCUT2D eigenvalue weighted by Gasteiger charge is 2.35. The van der Waals surface area contributed by atoms with E-state index in [1.54, 1.807) is 249 Å². The summed E-state index contributed by atoms with van der Waals surface area (Å²) in [7, 11) is 0. The molecule has 10 aromatic heterocycles. The third-order valence-electron chi connectivity index (χ3n) is 19.5. The number of nitrogens with one attached hydrogen (secondary N) is 4. The van der Waals surface area contributed by atoms with Crippen molar-refractivity contribution >= 4 is 22.7 Å². The van der Waals surface area contributed by atoms with Crippen LogP contribution in [0, 0.1) is 47.3 Å². The average molecular weight is 1470 g/mol. The number of H-pyrrole nitrogens is 2. The number of pyridine rings is 2. The fraction of sp³-hybridized carbons (Fsp3) is 0.534. The molecule has 4 aliphatic heterocycles. The summed E-state index contributed by atoms with van der Waals surface area (Å²) in [5.41, 5.74) is 1.79. The first-order valence-corrected chi connectivity index (χ1v) is 41.7. The van der Waals surface area contributed by atoms with Crippen LogP contribution in [0.25, 0.3) is 0 Å². The molecule has 13 aliphatic rings. The minimum absolute atomic E-state index is 1.00. The summed E-state index contributed by atoms with van der Waals surface area (Å²) in [6, 6.07) is 32.4. The molecule has 4 N–H and O–H groups in total. The maximum atomic E-state index is 5.07. The number of furan rings is 2. The van der Waals surface area contributed by atoms with Crippen LogP contribution >= 0.6 is 22.7 Å². The molecular formula is C88H131N11O4S2. The zero-order valence-electron chi connectivity index (χ0n) is 63.4. The third-order valence-corrected chi connectivity index (χ3v) is 20.6. The summed E-state index contributed by atoms with van der Waals surface area (Å²) >= 11 is 3.31. The number of hydrogen-bond acceptors (Lipinski definition) is 15. The van der Waals surface area contributed by atoms with E-state index in [2.05, 4.69) is 64.3 Å². The third kappa shape index (κ3) is 54.9. The minimum Gasteiger partial charge on any atom is -0.473 e. The van der Waals surface area contributed by atoms with Crippen molar-refractivity contribution in [2.24, 2.45) is 47.3 Å². The van der Waals surface area contributed by atoms with Crippen LogP contribution < -0.4 is 10.6 Å². The number of rotatable bonds is 0. The highest BCUT2D eigenvalue weighted by Crippen LogP contribution is 2.48. The molecule has 4 atom stereocenters. The van der Waals surface area contributed by atoms with E-state index in [4.69, 9.17) is 9.47 Å². The Kier molecular flexibility index (Phi) is 57.7. The van der Waals surface area contributed by atoms with E-state index < -0.39 is 0 Å². The number of thiophene rings is 1. The Labute approximate surface area is 640 Å². The van der Waals surface area contributed by atoms with Crippen LogP contribution in [0.15, 0.2) is 258 Å². The maximum absolute atomic E-state index is 5.07. The molecule has 0 aromatic carbocycles. The lowest BCUT2D eigenvalue weighted by molar-refractivity contribution is 0.0968. The molecule has 0 amide bonds. The van der Waals surface area contributed by atoms with E-state index in [9.17, 15) is 0 Å². The Bertz CT molecular complexity index is 2350. The van der Waals surface area contributed by atoms with Gasteiger partial charge in [0.2, 0.25) is 0 Å². The lowest BCUT2D eigenvalue weighted by atomic mass is 9.85. The van der Waals surface area contributed by atoms with Gasteiger partial charge in [0.25, 0.3) is 0 Å². The van der Waals surface area contributed by atoms with Crippen LogP contribution in [0.1, 0.15) is 199 Å². The summed E-state index contributed by atoms with van der Waals surface area (Å²) in [5, 5.41) is 12.5. The topological polar surface area (TPSA) is 191 Å². The van der Waals surface area contributed by atoms with E-state index in [0.29, 0.717) is 0 Å². The highest BCUT2D eigenvalue weighted by atomic mass is 32.1. The smallest absolute Gasteiger partial charge is 0.115 e. The summed E-state index contributed by atoms with van der Waals surface area (Å²) in [6.07, 6.45) is 80.5. The van der Waals surface area contributed by atoms with E-state index in [1.807, 2.05) is 138 Å². The number of nitrogens with zero attached hydrogens (tertiary/aromatic N) is 7. The van der Waals surface area contributed by atoms with Crippen LogP contribution in [0.3, 0.4) is 0 Å². The van der Waals surface area contributed by atoms with Crippen molar-refractivity contribution in [3.8, 4) is 0 Å². The standard InChI is InChI=1S/2C8H14.C7H12.C6H10.C5H11N.2C5H5N.C5H10O.2C4H4N2.C4H9N.2C4H5N.C4H8O.2C4H4O.C4H4S.C3H3NS/c2*1-2-7-4-5-8(3-1)6-7;1-2-7-4-3-6(1)5-7;1-2-6-3-5(1)4-6;4*1-2-4-6-5-3-1;1-2-6-4-3-5-1;1-2-5-4-6-3-1;7*1-2-4-5-3-1;1-2-5-3-4-1/h2*7-8H,1-6H2;6-7H,1-5H2;5-6H,1-4H2;6H,1-5H2;2*1-5H;1-5H2;2*1-4H;5H,1-4H2;2*1-5H;1-4H2;3*1-4H;1-3H. The molecule has 9 aliphatic carbocycles. The molecule has 14 heterocycles. The Morgan fingerprint density at radius 2 is 0.581 bits per heavy atom. The van der Waals surface area contributed by atoms with Gasteiger partial charge in [-0.1, -0.05) is 133 Å². The second-order valence-electron chi connectivity index (χ2n) is 27.8. The fourth-order valence-corrected chi connectivity index (χ4v) is 14.8. The van der Waals surface area contributed by atoms with Crippen LogP contribution in [0.5, 0.6) is 0 Å². The maximum Gasteiger partial charge on any atom is 0.115 e. The van der Waals surface area contributed by atoms with Gasteiger partial charge in [-0.05, 0) is 253 Å². The van der Waals surface area contributed by atoms with Gasteiger partial charge >= 0.3 is 0 Å². The molecule has 15 nitrogen and oxygen atoms in total. The van der Waals surface area contributed by atoms with Gasteiger partial charge in [0.1, 0.15) is 6.33 Å². The van der Waals surface area contributed by atoms with Gasteiger partial charge in [0.05, 0.1) is 30.6 Å². The Balaban J connectivity index is 0.000000200. The quantitative estimate of drug-likeness (QED) is 0.112. The van der Waals surface area contributed by atoms with Gasteiger partial charge in [0, 0.05) is 125 Å². The van der Waals surface area contributed by atoms with Crippen LogP contribution in [0.2, 0.25) is 0 Å². The molecule has 23 rings (SSSR count). The molecule has 13 fully saturated rings. The molecule has 105 heavy (non-hydrogen) atoms. The first kappa shape index (κ1) is 88.4. The van der Waals surface area contributed by atoms with Crippen LogP contribution in [-0.2, 0) is 9.47 Å². The number of ether oxygens (including phenoxy) is 2. The Morgan fingerprint density at radius 3 is 0.733 bits per heavy atom. The molecule has 4 unspecified atom stereocenters. The molecule has 0 spiro atoms. The Hall–Kier alpha value is -7.25. The second kappa shape index (κ2) is 68.6. The average Bonchev–Trinajstić information content (AvgIpc) is 1.69. The number of aromatic amines is 2. The van der Waals surface area contributed by atoms with Gasteiger partial charge in [-0.25, -0.2) is 9.97 Å².